The highest BCUT2D eigenvalue weighted by molar-refractivity contribution is 7.98. The second-order valence-corrected chi connectivity index (χ2v) is 3.54. The van der Waals surface area contributed by atoms with E-state index < -0.39 is 0 Å². The first kappa shape index (κ1) is 10.4. The summed E-state index contributed by atoms with van der Waals surface area (Å²) in [4.78, 5) is 9.36. The van der Waals surface area contributed by atoms with E-state index in [1.807, 2.05) is 6.26 Å². The Labute approximate surface area is 82.1 Å². The SMILES string of the molecule is CSc1cnc(C(N)CCN)nc1. The van der Waals surface area contributed by atoms with Crippen LogP contribution in [0.4, 0.5) is 0 Å². The first-order valence-electron chi connectivity index (χ1n) is 4.09. The number of nitrogens with zero attached hydrogens (tertiary/aromatic N) is 2. The molecule has 4 N–H and O–H groups in total. The van der Waals surface area contributed by atoms with Crippen LogP contribution in [0.5, 0.6) is 0 Å². The van der Waals surface area contributed by atoms with Gasteiger partial charge in [-0.3, -0.25) is 0 Å². The number of thioether (sulfide) groups is 1. The van der Waals surface area contributed by atoms with Crippen molar-refractivity contribution in [3.05, 3.63) is 18.2 Å². The fourth-order valence-electron chi connectivity index (χ4n) is 0.932. The van der Waals surface area contributed by atoms with E-state index >= 15 is 0 Å². The Balaban J connectivity index is 2.67. The molecule has 0 saturated heterocycles. The number of hydrogen-bond acceptors (Lipinski definition) is 5. The Morgan fingerprint density at radius 3 is 2.54 bits per heavy atom. The van der Waals surface area contributed by atoms with Crippen molar-refractivity contribution in [2.75, 3.05) is 12.8 Å². The van der Waals surface area contributed by atoms with E-state index in [4.69, 9.17) is 11.5 Å². The van der Waals surface area contributed by atoms with Crippen LogP contribution in [0.25, 0.3) is 0 Å². The molecule has 1 atom stereocenters. The molecule has 1 rings (SSSR count). The van der Waals surface area contributed by atoms with E-state index in [2.05, 4.69) is 9.97 Å². The van der Waals surface area contributed by atoms with Gasteiger partial charge in [0.25, 0.3) is 0 Å². The predicted molar refractivity (Wildman–Crippen MR) is 54.4 cm³/mol. The van der Waals surface area contributed by atoms with Crippen molar-refractivity contribution >= 4 is 11.8 Å². The summed E-state index contributed by atoms with van der Waals surface area (Å²) in [6.07, 6.45) is 6.27. The summed E-state index contributed by atoms with van der Waals surface area (Å²) in [5, 5.41) is 0. The Hall–Kier alpha value is -0.650. The molecular weight excluding hydrogens is 184 g/mol. The summed E-state index contributed by atoms with van der Waals surface area (Å²) >= 11 is 1.61. The maximum absolute atomic E-state index is 5.79. The van der Waals surface area contributed by atoms with Gasteiger partial charge in [-0.15, -0.1) is 11.8 Å². The van der Waals surface area contributed by atoms with E-state index in [-0.39, 0.29) is 6.04 Å². The molecule has 0 aromatic carbocycles. The number of nitrogens with two attached hydrogens (primary N) is 2. The van der Waals surface area contributed by atoms with Crippen LogP contribution in [-0.4, -0.2) is 22.8 Å². The Morgan fingerprint density at radius 2 is 2.08 bits per heavy atom. The first-order chi connectivity index (χ1) is 6.27. The molecule has 1 aromatic heterocycles. The van der Waals surface area contributed by atoms with Gasteiger partial charge in [0.1, 0.15) is 5.82 Å². The van der Waals surface area contributed by atoms with Gasteiger partial charge in [-0.05, 0) is 19.2 Å². The van der Waals surface area contributed by atoms with Crippen LogP contribution in [-0.2, 0) is 0 Å². The highest BCUT2D eigenvalue weighted by atomic mass is 32.2. The summed E-state index contributed by atoms with van der Waals surface area (Å²) in [5.74, 6) is 0.670. The van der Waals surface area contributed by atoms with Crippen molar-refractivity contribution in [3.63, 3.8) is 0 Å². The van der Waals surface area contributed by atoms with E-state index in [9.17, 15) is 0 Å². The zero-order valence-corrected chi connectivity index (χ0v) is 8.42. The summed E-state index contributed by atoms with van der Waals surface area (Å²) in [6, 6.07) is -0.138. The summed E-state index contributed by atoms with van der Waals surface area (Å²) < 4.78 is 0. The van der Waals surface area contributed by atoms with Crippen molar-refractivity contribution in [1.82, 2.24) is 9.97 Å². The molecule has 0 aliphatic carbocycles. The molecule has 0 saturated carbocycles. The van der Waals surface area contributed by atoms with Crippen LogP contribution in [0.1, 0.15) is 18.3 Å². The zero-order valence-electron chi connectivity index (χ0n) is 7.60. The molecule has 1 heterocycles. The average molecular weight is 198 g/mol. The van der Waals surface area contributed by atoms with Crippen molar-refractivity contribution in [2.24, 2.45) is 11.5 Å². The third kappa shape index (κ3) is 2.95. The maximum atomic E-state index is 5.79. The minimum absolute atomic E-state index is 0.138. The summed E-state index contributed by atoms with van der Waals surface area (Å²) in [7, 11) is 0. The minimum Gasteiger partial charge on any atom is -0.330 e. The third-order valence-corrected chi connectivity index (χ3v) is 2.38. The van der Waals surface area contributed by atoms with Crippen molar-refractivity contribution < 1.29 is 0 Å². The largest absolute Gasteiger partial charge is 0.330 e. The molecule has 1 unspecified atom stereocenters. The lowest BCUT2D eigenvalue weighted by atomic mass is 10.2. The molecule has 0 fully saturated rings. The van der Waals surface area contributed by atoms with Gasteiger partial charge in [0, 0.05) is 17.3 Å². The van der Waals surface area contributed by atoms with Gasteiger partial charge in [-0.1, -0.05) is 0 Å². The normalized spacial score (nSPS) is 12.8. The van der Waals surface area contributed by atoms with Crippen LogP contribution in [0.15, 0.2) is 17.3 Å². The minimum atomic E-state index is -0.138. The molecule has 5 heteroatoms. The average Bonchev–Trinajstić information content (AvgIpc) is 2.18. The van der Waals surface area contributed by atoms with Crippen molar-refractivity contribution in [3.8, 4) is 0 Å². The molecule has 0 radical (unpaired) electrons. The lowest BCUT2D eigenvalue weighted by Gasteiger charge is -2.07. The molecule has 0 amide bonds. The topological polar surface area (TPSA) is 77.8 Å². The monoisotopic (exact) mass is 198 g/mol. The van der Waals surface area contributed by atoms with Gasteiger partial charge in [0.05, 0.1) is 6.04 Å². The standard InChI is InChI=1S/C8H14N4S/c1-13-6-4-11-8(12-5-6)7(10)2-3-9/h4-5,7H,2-3,9-10H2,1H3. The molecule has 13 heavy (non-hydrogen) atoms. The van der Waals surface area contributed by atoms with Crippen LogP contribution in [0.2, 0.25) is 0 Å². The van der Waals surface area contributed by atoms with Crippen LogP contribution in [0.3, 0.4) is 0 Å². The van der Waals surface area contributed by atoms with E-state index in [1.165, 1.54) is 0 Å². The van der Waals surface area contributed by atoms with E-state index in [0.717, 1.165) is 11.3 Å². The van der Waals surface area contributed by atoms with Gasteiger partial charge in [0.2, 0.25) is 0 Å². The summed E-state index contributed by atoms with van der Waals surface area (Å²) in [6.45, 7) is 0.564. The van der Waals surface area contributed by atoms with Crippen LogP contribution < -0.4 is 11.5 Å². The fourth-order valence-corrected chi connectivity index (χ4v) is 1.25. The molecule has 72 valence electrons. The highest BCUT2D eigenvalue weighted by Gasteiger charge is 2.07. The van der Waals surface area contributed by atoms with Crippen molar-refractivity contribution in [1.29, 1.82) is 0 Å². The molecule has 0 spiro atoms. The van der Waals surface area contributed by atoms with Crippen molar-refractivity contribution in [2.45, 2.75) is 17.4 Å². The quantitative estimate of drug-likeness (QED) is 0.691. The lowest BCUT2D eigenvalue weighted by molar-refractivity contribution is 0.618. The predicted octanol–water partition coefficient (Wildman–Crippen LogP) is 0.547. The number of aromatic nitrogens is 2. The zero-order chi connectivity index (χ0) is 9.68. The van der Waals surface area contributed by atoms with Gasteiger partial charge < -0.3 is 11.5 Å². The molecule has 0 aliphatic heterocycles. The molecule has 1 aromatic rings. The molecular formula is C8H14N4S. The first-order valence-corrected chi connectivity index (χ1v) is 5.32. The highest BCUT2D eigenvalue weighted by Crippen LogP contribution is 2.13. The number of rotatable bonds is 4. The number of hydrogen-bond donors (Lipinski definition) is 2. The Bertz CT molecular complexity index is 249. The van der Waals surface area contributed by atoms with Gasteiger partial charge >= 0.3 is 0 Å². The van der Waals surface area contributed by atoms with Gasteiger partial charge in [0.15, 0.2) is 0 Å². The van der Waals surface area contributed by atoms with Crippen LogP contribution >= 0.6 is 11.8 Å². The maximum Gasteiger partial charge on any atom is 0.144 e. The molecule has 4 nitrogen and oxygen atoms in total. The molecule has 0 bridgehead atoms. The Morgan fingerprint density at radius 1 is 1.46 bits per heavy atom. The smallest absolute Gasteiger partial charge is 0.144 e. The lowest BCUT2D eigenvalue weighted by Crippen LogP contribution is -2.17. The Kier molecular flexibility index (Phi) is 4.14. The summed E-state index contributed by atoms with van der Waals surface area (Å²) in [5.41, 5.74) is 11.2. The fraction of sp³-hybridized carbons (Fsp3) is 0.500. The molecule has 0 aliphatic rings. The van der Waals surface area contributed by atoms with Crippen LogP contribution in [0, 0.1) is 0 Å². The van der Waals surface area contributed by atoms with Gasteiger partial charge in [-0.2, -0.15) is 0 Å². The second kappa shape index (κ2) is 5.16. The van der Waals surface area contributed by atoms with E-state index in [0.29, 0.717) is 12.4 Å². The second-order valence-electron chi connectivity index (χ2n) is 2.66. The third-order valence-electron chi connectivity index (χ3n) is 1.69. The van der Waals surface area contributed by atoms with Gasteiger partial charge in [-0.25, -0.2) is 9.97 Å². The van der Waals surface area contributed by atoms with E-state index in [1.54, 1.807) is 24.2 Å².